The molecular weight excluding hydrogens is 582 g/mol. The number of rotatable bonds is 4. The quantitative estimate of drug-likeness (QED) is 0.108. The molecule has 0 fully saturated rings. The lowest BCUT2D eigenvalue weighted by Crippen LogP contribution is -2.42. The van der Waals surface area contributed by atoms with Crippen molar-refractivity contribution in [2.45, 2.75) is 49.9 Å². The standard InChI is InChI=1S/C32H30Cl4Si2/c1-19(2)37(33,34)31-27-15-23-11-7-8-12-24(23)16-28(27)32(38(35,36)20(3)4)30-18-26-14-22-10-6-5-9-21(22)13-25(26)17-29(30)31/h5-20,31-32H,1-4H3. The van der Waals surface area contributed by atoms with Gasteiger partial charge < -0.3 is 0 Å². The third-order valence-corrected chi connectivity index (χ3v) is 22.1. The molecule has 1 aliphatic rings. The van der Waals surface area contributed by atoms with Crippen LogP contribution in [0.3, 0.4) is 0 Å². The molecule has 0 heterocycles. The van der Waals surface area contributed by atoms with Crippen molar-refractivity contribution in [2.75, 3.05) is 0 Å². The van der Waals surface area contributed by atoms with Crippen molar-refractivity contribution in [3.8, 4) is 0 Å². The van der Waals surface area contributed by atoms with Crippen LogP contribution in [0, 0.1) is 0 Å². The molecule has 5 aromatic rings. The van der Waals surface area contributed by atoms with E-state index in [-0.39, 0.29) is 22.2 Å². The van der Waals surface area contributed by atoms with Crippen LogP contribution in [-0.2, 0) is 0 Å². The highest BCUT2D eigenvalue weighted by Gasteiger charge is 2.53. The Bertz CT molecular complexity index is 1580. The molecule has 0 radical (unpaired) electrons. The Labute approximate surface area is 245 Å². The Hall–Kier alpha value is -1.53. The molecule has 0 amide bonds. The zero-order valence-electron chi connectivity index (χ0n) is 21.9. The average Bonchev–Trinajstić information content (AvgIpc) is 2.87. The maximum atomic E-state index is 7.48. The fourth-order valence-corrected chi connectivity index (χ4v) is 12.9. The molecular formula is C32H30Cl4Si2. The van der Waals surface area contributed by atoms with Crippen LogP contribution >= 0.6 is 44.3 Å². The van der Waals surface area contributed by atoms with Gasteiger partial charge in [-0.25, -0.2) is 0 Å². The van der Waals surface area contributed by atoms with Gasteiger partial charge in [-0.2, -0.15) is 0 Å². The summed E-state index contributed by atoms with van der Waals surface area (Å²) in [7, 11) is 0. The molecule has 0 saturated carbocycles. The van der Waals surface area contributed by atoms with Crippen LogP contribution in [0.5, 0.6) is 0 Å². The minimum atomic E-state index is -2.85. The lowest BCUT2D eigenvalue weighted by Gasteiger charge is -2.44. The van der Waals surface area contributed by atoms with E-state index in [1.165, 1.54) is 54.6 Å². The molecule has 0 aromatic heterocycles. The predicted molar refractivity (Wildman–Crippen MR) is 174 cm³/mol. The van der Waals surface area contributed by atoms with Crippen molar-refractivity contribution in [3.05, 3.63) is 107 Å². The molecule has 0 aliphatic heterocycles. The van der Waals surface area contributed by atoms with Gasteiger partial charge in [-0.05, 0) is 77.8 Å². The van der Waals surface area contributed by atoms with Crippen molar-refractivity contribution < 1.29 is 0 Å². The highest BCUT2D eigenvalue weighted by molar-refractivity contribution is 7.47. The summed E-state index contributed by atoms with van der Waals surface area (Å²) in [5, 5.41) is 7.21. The molecule has 2 unspecified atom stereocenters. The fraction of sp³-hybridized carbons (Fsp3) is 0.250. The first-order valence-electron chi connectivity index (χ1n) is 13.2. The van der Waals surface area contributed by atoms with E-state index in [9.17, 15) is 0 Å². The molecule has 5 aromatic carbocycles. The summed E-state index contributed by atoms with van der Waals surface area (Å²) in [5.74, 6) is 0. The van der Waals surface area contributed by atoms with Gasteiger partial charge in [0.1, 0.15) is 0 Å². The van der Waals surface area contributed by atoms with Gasteiger partial charge in [0.25, 0.3) is 13.4 Å². The van der Waals surface area contributed by atoms with Gasteiger partial charge >= 0.3 is 0 Å². The fourth-order valence-electron chi connectivity index (χ4n) is 6.13. The topological polar surface area (TPSA) is 0 Å². The molecule has 0 N–H and O–H groups in total. The van der Waals surface area contributed by atoms with Crippen LogP contribution in [0.1, 0.15) is 61.0 Å². The van der Waals surface area contributed by atoms with Crippen molar-refractivity contribution in [1.29, 1.82) is 0 Å². The van der Waals surface area contributed by atoms with Crippen LogP contribution in [0.2, 0.25) is 11.1 Å². The van der Waals surface area contributed by atoms with Gasteiger partial charge in [-0.3, -0.25) is 0 Å². The maximum Gasteiger partial charge on any atom is 0.265 e. The summed E-state index contributed by atoms with van der Waals surface area (Å²) in [6, 6.07) is 30.9. The first kappa shape index (κ1) is 26.7. The molecule has 0 spiro atoms. The Morgan fingerprint density at radius 2 is 0.711 bits per heavy atom. The summed E-state index contributed by atoms with van der Waals surface area (Å²) in [5.41, 5.74) is 4.94. The van der Waals surface area contributed by atoms with E-state index in [0.29, 0.717) is 0 Å². The number of benzene rings is 5. The molecule has 38 heavy (non-hydrogen) atoms. The van der Waals surface area contributed by atoms with E-state index >= 15 is 0 Å². The number of hydrogen-bond donors (Lipinski definition) is 0. The van der Waals surface area contributed by atoms with E-state index in [1.807, 2.05) is 0 Å². The number of hydrogen-bond acceptors (Lipinski definition) is 0. The van der Waals surface area contributed by atoms with Crippen molar-refractivity contribution in [1.82, 2.24) is 0 Å². The highest BCUT2D eigenvalue weighted by atomic mass is 35.7. The smallest absolute Gasteiger partial charge is 0.145 e. The van der Waals surface area contributed by atoms with Gasteiger partial charge in [0.05, 0.1) is 0 Å². The van der Waals surface area contributed by atoms with Gasteiger partial charge in [0.15, 0.2) is 0 Å². The van der Waals surface area contributed by atoms with Crippen LogP contribution < -0.4 is 0 Å². The van der Waals surface area contributed by atoms with Gasteiger partial charge in [-0.15, -0.1) is 44.3 Å². The highest BCUT2D eigenvalue weighted by Crippen LogP contribution is 2.58. The van der Waals surface area contributed by atoms with Crippen LogP contribution in [-0.4, -0.2) is 13.4 Å². The average molecular weight is 613 g/mol. The van der Waals surface area contributed by atoms with Crippen molar-refractivity contribution >= 4 is 90.0 Å². The van der Waals surface area contributed by atoms with Gasteiger partial charge in [0, 0.05) is 11.1 Å². The van der Waals surface area contributed by atoms with Crippen molar-refractivity contribution in [3.63, 3.8) is 0 Å². The molecule has 0 bridgehead atoms. The van der Waals surface area contributed by atoms with Gasteiger partial charge in [0.2, 0.25) is 0 Å². The molecule has 6 heteroatoms. The summed E-state index contributed by atoms with van der Waals surface area (Å²) >= 11 is 29.9. The number of halogens is 4. The minimum absolute atomic E-state index is 0.0853. The van der Waals surface area contributed by atoms with E-state index in [2.05, 4.69) is 113 Å². The Morgan fingerprint density at radius 1 is 0.447 bits per heavy atom. The molecule has 0 nitrogen and oxygen atoms in total. The van der Waals surface area contributed by atoms with Crippen LogP contribution in [0.15, 0.2) is 84.9 Å². The van der Waals surface area contributed by atoms with E-state index in [4.69, 9.17) is 44.3 Å². The zero-order valence-corrected chi connectivity index (χ0v) is 26.9. The largest absolute Gasteiger partial charge is 0.265 e. The molecule has 0 saturated heterocycles. The molecule has 6 rings (SSSR count). The lowest BCUT2D eigenvalue weighted by atomic mass is 9.82. The van der Waals surface area contributed by atoms with E-state index in [1.54, 1.807) is 0 Å². The minimum Gasteiger partial charge on any atom is -0.145 e. The summed E-state index contributed by atoms with van der Waals surface area (Å²) in [6.45, 7) is 2.92. The summed E-state index contributed by atoms with van der Waals surface area (Å²) in [6.07, 6.45) is 0. The Balaban J connectivity index is 1.76. The number of fused-ring (bicyclic) bond motifs is 5. The first-order valence-corrected chi connectivity index (χ1v) is 21.6. The SMILES string of the molecule is CC(C)[Si](Cl)(Cl)C1c2cc3ccccc3cc2C([Si](Cl)(Cl)C(C)C)c2cc3cc4ccccc4cc3cc21. The van der Waals surface area contributed by atoms with E-state index < -0.39 is 13.4 Å². The van der Waals surface area contributed by atoms with Gasteiger partial charge in [-0.1, -0.05) is 100 Å². The summed E-state index contributed by atoms with van der Waals surface area (Å²) < 4.78 is 0. The molecule has 2 atom stereocenters. The maximum absolute atomic E-state index is 7.48. The third-order valence-electron chi connectivity index (χ3n) is 8.41. The van der Waals surface area contributed by atoms with Crippen LogP contribution in [0.25, 0.3) is 32.3 Å². The van der Waals surface area contributed by atoms with Crippen molar-refractivity contribution in [2.24, 2.45) is 0 Å². The predicted octanol–water partition coefficient (Wildman–Crippen LogP) is 11.5. The second-order valence-corrected chi connectivity index (χ2v) is 26.2. The normalized spacial score (nSPS) is 17.9. The Morgan fingerprint density at radius 3 is 1.00 bits per heavy atom. The second kappa shape index (κ2) is 9.54. The molecule has 194 valence electrons. The van der Waals surface area contributed by atoms with E-state index in [0.717, 1.165) is 0 Å². The third kappa shape index (κ3) is 4.15. The Kier molecular flexibility index (Phi) is 6.70. The monoisotopic (exact) mass is 610 g/mol. The summed E-state index contributed by atoms with van der Waals surface area (Å²) in [4.78, 5) is 0. The second-order valence-electron chi connectivity index (χ2n) is 11.4. The molecule has 1 aliphatic carbocycles. The zero-order chi connectivity index (χ0) is 27.0. The first-order chi connectivity index (χ1) is 18.0. The lowest BCUT2D eigenvalue weighted by molar-refractivity contribution is 0.885. The van der Waals surface area contributed by atoms with Crippen LogP contribution in [0.4, 0.5) is 0 Å².